The number of carbonyl (C=O) groups is 2. The van der Waals surface area contributed by atoms with E-state index in [9.17, 15) is 9.59 Å². The van der Waals surface area contributed by atoms with Crippen molar-refractivity contribution in [2.75, 3.05) is 19.6 Å². The van der Waals surface area contributed by atoms with Crippen LogP contribution < -0.4 is 16.0 Å². The third-order valence-corrected chi connectivity index (χ3v) is 3.45. The van der Waals surface area contributed by atoms with Gasteiger partial charge in [0.1, 0.15) is 0 Å². The van der Waals surface area contributed by atoms with Crippen molar-refractivity contribution in [1.29, 1.82) is 0 Å². The Kier molecular flexibility index (Phi) is 3.99. The second kappa shape index (κ2) is 5.49. The Labute approximate surface area is 102 Å². The van der Waals surface area contributed by atoms with Crippen molar-refractivity contribution in [2.24, 2.45) is 11.8 Å². The monoisotopic (exact) mass is 239 g/mol. The molecule has 2 atom stereocenters. The van der Waals surface area contributed by atoms with Crippen molar-refractivity contribution in [2.45, 2.75) is 32.2 Å². The quantitative estimate of drug-likeness (QED) is 0.613. The van der Waals surface area contributed by atoms with Gasteiger partial charge in [-0.3, -0.25) is 9.59 Å². The SMILES string of the molecule is C[C@@H]1CNC[C@H]1C(=O)NCCC(=O)NC1CC1. The van der Waals surface area contributed by atoms with Crippen LogP contribution in [0.25, 0.3) is 0 Å². The lowest BCUT2D eigenvalue weighted by Crippen LogP contribution is -2.37. The summed E-state index contributed by atoms with van der Waals surface area (Å²) >= 11 is 0. The normalized spacial score (nSPS) is 27.8. The van der Waals surface area contributed by atoms with Gasteiger partial charge in [-0.25, -0.2) is 0 Å². The molecule has 5 heteroatoms. The van der Waals surface area contributed by atoms with Gasteiger partial charge >= 0.3 is 0 Å². The fourth-order valence-electron chi connectivity index (χ4n) is 2.12. The van der Waals surface area contributed by atoms with E-state index in [1.165, 1.54) is 0 Å². The molecule has 0 spiro atoms. The minimum atomic E-state index is 0.0467. The molecule has 3 N–H and O–H groups in total. The summed E-state index contributed by atoms with van der Waals surface area (Å²) in [6, 6.07) is 0.400. The Morgan fingerprint density at radius 1 is 1.29 bits per heavy atom. The van der Waals surface area contributed by atoms with Crippen molar-refractivity contribution in [1.82, 2.24) is 16.0 Å². The van der Waals surface area contributed by atoms with Crippen molar-refractivity contribution in [3.8, 4) is 0 Å². The molecule has 0 aromatic heterocycles. The van der Waals surface area contributed by atoms with E-state index < -0.39 is 0 Å². The molecule has 2 rings (SSSR count). The summed E-state index contributed by atoms with van der Waals surface area (Å²) < 4.78 is 0. The molecular weight excluding hydrogens is 218 g/mol. The molecule has 0 bridgehead atoms. The predicted molar refractivity (Wildman–Crippen MR) is 64.3 cm³/mol. The topological polar surface area (TPSA) is 70.2 Å². The summed E-state index contributed by atoms with van der Waals surface area (Å²) in [5.41, 5.74) is 0. The number of hydrogen-bond acceptors (Lipinski definition) is 3. The molecular formula is C12H21N3O2. The first-order valence-corrected chi connectivity index (χ1v) is 6.44. The van der Waals surface area contributed by atoms with Crippen molar-refractivity contribution < 1.29 is 9.59 Å². The molecule has 2 fully saturated rings. The summed E-state index contributed by atoms with van der Waals surface area (Å²) in [5, 5.41) is 8.94. The molecule has 2 aliphatic rings. The molecule has 0 aromatic rings. The van der Waals surface area contributed by atoms with E-state index >= 15 is 0 Å². The van der Waals surface area contributed by atoms with Crippen LogP contribution in [0.15, 0.2) is 0 Å². The Bertz CT molecular complexity index is 302. The fourth-order valence-corrected chi connectivity index (χ4v) is 2.12. The zero-order valence-corrected chi connectivity index (χ0v) is 10.3. The summed E-state index contributed by atoms with van der Waals surface area (Å²) in [7, 11) is 0. The van der Waals surface area contributed by atoms with Gasteiger partial charge in [-0.05, 0) is 25.3 Å². The predicted octanol–water partition coefficient (Wildman–Crippen LogP) is -0.373. The lowest BCUT2D eigenvalue weighted by molar-refractivity contribution is -0.125. The Morgan fingerprint density at radius 3 is 2.65 bits per heavy atom. The molecule has 0 aromatic carbocycles. The van der Waals surface area contributed by atoms with Crippen LogP contribution in [0.2, 0.25) is 0 Å². The standard InChI is InChI=1S/C12H21N3O2/c1-8-6-13-7-10(8)12(17)14-5-4-11(16)15-9-2-3-9/h8-10,13H,2-7H2,1H3,(H,14,17)(H,15,16)/t8-,10-/m1/s1. The maximum Gasteiger partial charge on any atom is 0.224 e. The van der Waals surface area contributed by atoms with Crippen LogP contribution in [0.5, 0.6) is 0 Å². The Balaban J connectivity index is 1.60. The second-order valence-corrected chi connectivity index (χ2v) is 5.12. The first-order chi connectivity index (χ1) is 8.16. The van der Waals surface area contributed by atoms with Crippen LogP contribution in [0.3, 0.4) is 0 Å². The van der Waals surface area contributed by atoms with Crippen LogP contribution >= 0.6 is 0 Å². The van der Waals surface area contributed by atoms with E-state index in [1.807, 2.05) is 0 Å². The van der Waals surface area contributed by atoms with Gasteiger partial charge in [0.2, 0.25) is 11.8 Å². The second-order valence-electron chi connectivity index (χ2n) is 5.12. The van der Waals surface area contributed by atoms with Crippen molar-refractivity contribution >= 4 is 11.8 Å². The highest BCUT2D eigenvalue weighted by molar-refractivity contribution is 5.81. The molecule has 1 saturated carbocycles. The number of carbonyl (C=O) groups excluding carboxylic acids is 2. The number of hydrogen-bond donors (Lipinski definition) is 3. The third kappa shape index (κ3) is 3.70. The third-order valence-electron chi connectivity index (χ3n) is 3.45. The molecule has 1 aliphatic heterocycles. The Hall–Kier alpha value is -1.10. The largest absolute Gasteiger partial charge is 0.355 e. The van der Waals surface area contributed by atoms with E-state index in [0.29, 0.717) is 24.9 Å². The van der Waals surface area contributed by atoms with E-state index in [1.54, 1.807) is 0 Å². The minimum absolute atomic E-state index is 0.0467. The summed E-state index contributed by atoms with van der Waals surface area (Å²) in [6.45, 7) is 4.17. The van der Waals surface area contributed by atoms with E-state index in [0.717, 1.165) is 25.9 Å². The average molecular weight is 239 g/mol. The van der Waals surface area contributed by atoms with E-state index in [-0.39, 0.29) is 17.7 Å². The molecule has 1 saturated heterocycles. The van der Waals surface area contributed by atoms with Gasteiger partial charge in [0.15, 0.2) is 0 Å². The van der Waals surface area contributed by atoms with Crippen LogP contribution in [0.1, 0.15) is 26.2 Å². The van der Waals surface area contributed by atoms with Crippen LogP contribution in [0.4, 0.5) is 0 Å². The maximum absolute atomic E-state index is 11.8. The van der Waals surface area contributed by atoms with Gasteiger partial charge in [0.05, 0.1) is 5.92 Å². The number of nitrogens with one attached hydrogen (secondary N) is 3. The molecule has 1 aliphatic carbocycles. The summed E-state index contributed by atoms with van der Waals surface area (Å²) in [4.78, 5) is 23.2. The zero-order chi connectivity index (χ0) is 12.3. The van der Waals surface area contributed by atoms with Gasteiger partial charge in [0.25, 0.3) is 0 Å². The lowest BCUT2D eigenvalue weighted by atomic mass is 9.97. The molecule has 17 heavy (non-hydrogen) atoms. The molecule has 1 heterocycles. The van der Waals surface area contributed by atoms with Gasteiger partial charge in [0, 0.05) is 25.6 Å². The highest BCUT2D eigenvalue weighted by Crippen LogP contribution is 2.18. The number of rotatable bonds is 5. The molecule has 2 amide bonds. The highest BCUT2D eigenvalue weighted by Gasteiger charge is 2.29. The minimum Gasteiger partial charge on any atom is -0.355 e. The molecule has 96 valence electrons. The summed E-state index contributed by atoms with van der Waals surface area (Å²) in [6.07, 6.45) is 2.59. The van der Waals surface area contributed by atoms with Crippen LogP contribution in [0, 0.1) is 11.8 Å². The highest BCUT2D eigenvalue weighted by atomic mass is 16.2. The van der Waals surface area contributed by atoms with Crippen LogP contribution in [-0.2, 0) is 9.59 Å². The Morgan fingerprint density at radius 2 is 2.06 bits per heavy atom. The van der Waals surface area contributed by atoms with Gasteiger partial charge in [-0.15, -0.1) is 0 Å². The first kappa shape index (κ1) is 12.4. The fraction of sp³-hybridized carbons (Fsp3) is 0.833. The smallest absolute Gasteiger partial charge is 0.224 e. The zero-order valence-electron chi connectivity index (χ0n) is 10.3. The van der Waals surface area contributed by atoms with Gasteiger partial charge < -0.3 is 16.0 Å². The van der Waals surface area contributed by atoms with Crippen molar-refractivity contribution in [3.63, 3.8) is 0 Å². The first-order valence-electron chi connectivity index (χ1n) is 6.44. The van der Waals surface area contributed by atoms with Gasteiger partial charge in [-0.1, -0.05) is 6.92 Å². The molecule has 0 unspecified atom stereocenters. The van der Waals surface area contributed by atoms with Gasteiger partial charge in [-0.2, -0.15) is 0 Å². The maximum atomic E-state index is 11.8. The lowest BCUT2D eigenvalue weighted by Gasteiger charge is -2.13. The summed E-state index contributed by atoms with van der Waals surface area (Å²) in [5.74, 6) is 0.559. The van der Waals surface area contributed by atoms with Crippen LogP contribution in [-0.4, -0.2) is 37.5 Å². The molecule has 5 nitrogen and oxygen atoms in total. The van der Waals surface area contributed by atoms with E-state index in [4.69, 9.17) is 0 Å². The average Bonchev–Trinajstić information content (AvgIpc) is 2.98. The van der Waals surface area contributed by atoms with Crippen molar-refractivity contribution in [3.05, 3.63) is 0 Å². The van der Waals surface area contributed by atoms with E-state index in [2.05, 4.69) is 22.9 Å². The number of amides is 2. The molecule has 0 radical (unpaired) electrons.